The number of aliphatic imine (C=N–C) groups is 1. The summed E-state index contributed by atoms with van der Waals surface area (Å²) in [6, 6.07) is 0. The van der Waals surface area contributed by atoms with E-state index in [0.717, 1.165) is 17.4 Å². The molecule has 0 aromatic rings. The highest BCUT2D eigenvalue weighted by molar-refractivity contribution is 7.99. The summed E-state index contributed by atoms with van der Waals surface area (Å²) in [5, 5.41) is 0.990. The van der Waals surface area contributed by atoms with E-state index in [9.17, 15) is 0 Å². The first-order chi connectivity index (χ1) is 5.86. The van der Waals surface area contributed by atoms with E-state index < -0.39 is 0 Å². The first-order valence-electron chi connectivity index (χ1n) is 4.38. The van der Waals surface area contributed by atoms with Crippen LogP contribution < -0.4 is 0 Å². The van der Waals surface area contributed by atoms with Gasteiger partial charge >= 0.3 is 0 Å². The summed E-state index contributed by atoms with van der Waals surface area (Å²) in [5.41, 5.74) is 1.55. The summed E-state index contributed by atoms with van der Waals surface area (Å²) >= 11 is 6.31. The second-order valence-corrected chi connectivity index (χ2v) is 4.98. The standard InChI is InChI=1S/C9H13NS2/c11-9-2-1-7(5-10-9)8-3-4-12-6-8/h5,8H,1-4,6H2,(H,10,11). The number of hydrogen-bond acceptors (Lipinski definition) is 2. The Hall–Kier alpha value is 0.110. The van der Waals surface area contributed by atoms with E-state index in [1.807, 2.05) is 6.20 Å². The van der Waals surface area contributed by atoms with Gasteiger partial charge in [-0.2, -0.15) is 11.8 Å². The highest BCUT2D eigenvalue weighted by Gasteiger charge is 2.20. The lowest BCUT2D eigenvalue weighted by Gasteiger charge is -2.15. The quantitative estimate of drug-likeness (QED) is 0.640. The number of rotatable bonds is 1. The van der Waals surface area contributed by atoms with Crippen molar-refractivity contribution in [3.8, 4) is 0 Å². The van der Waals surface area contributed by atoms with Gasteiger partial charge in [0.2, 0.25) is 0 Å². The maximum Gasteiger partial charge on any atom is 0.0704 e. The Labute approximate surface area is 83.1 Å². The number of nitrogens with zero attached hydrogens (tertiary/aromatic N) is 1. The first kappa shape index (κ1) is 8.70. The van der Waals surface area contributed by atoms with Crippen LogP contribution in [0.15, 0.2) is 16.8 Å². The van der Waals surface area contributed by atoms with Gasteiger partial charge in [0.1, 0.15) is 0 Å². The molecule has 1 atom stereocenters. The van der Waals surface area contributed by atoms with Gasteiger partial charge < -0.3 is 0 Å². The molecule has 1 nitrogen and oxygen atoms in total. The zero-order chi connectivity index (χ0) is 8.39. The van der Waals surface area contributed by atoms with Crippen molar-refractivity contribution in [2.45, 2.75) is 19.3 Å². The van der Waals surface area contributed by atoms with Gasteiger partial charge in [0, 0.05) is 6.20 Å². The highest BCUT2D eigenvalue weighted by atomic mass is 32.2. The smallest absolute Gasteiger partial charge is 0.0704 e. The Balaban J connectivity index is 2.04. The fraction of sp³-hybridized carbons (Fsp3) is 0.667. The molecular weight excluding hydrogens is 186 g/mol. The van der Waals surface area contributed by atoms with Crippen LogP contribution in [0, 0.1) is 5.92 Å². The van der Waals surface area contributed by atoms with E-state index in [2.05, 4.69) is 29.4 Å². The van der Waals surface area contributed by atoms with Crippen LogP contribution in [0.4, 0.5) is 0 Å². The lowest BCUT2D eigenvalue weighted by atomic mass is 9.94. The van der Waals surface area contributed by atoms with Crippen molar-refractivity contribution in [2.24, 2.45) is 10.9 Å². The molecule has 2 rings (SSSR count). The normalized spacial score (nSPS) is 29.9. The van der Waals surface area contributed by atoms with Gasteiger partial charge in [-0.1, -0.05) is 0 Å². The predicted octanol–water partition coefficient (Wildman–Crippen LogP) is 2.75. The fourth-order valence-corrected chi connectivity index (χ4v) is 3.13. The van der Waals surface area contributed by atoms with Crippen LogP contribution in [0.1, 0.15) is 19.3 Å². The molecule has 2 heterocycles. The Kier molecular flexibility index (Phi) is 2.81. The summed E-state index contributed by atoms with van der Waals surface area (Å²) in [7, 11) is 0. The van der Waals surface area contributed by atoms with E-state index in [4.69, 9.17) is 0 Å². The molecule has 0 aliphatic carbocycles. The van der Waals surface area contributed by atoms with Gasteiger partial charge in [0.25, 0.3) is 0 Å². The van der Waals surface area contributed by atoms with Gasteiger partial charge in [-0.05, 0) is 42.3 Å². The van der Waals surface area contributed by atoms with Crippen LogP contribution in [0.25, 0.3) is 0 Å². The fourth-order valence-electron chi connectivity index (χ4n) is 1.68. The van der Waals surface area contributed by atoms with Gasteiger partial charge in [-0.3, -0.25) is 4.99 Å². The molecule has 66 valence electrons. The summed E-state index contributed by atoms with van der Waals surface area (Å²) in [6.45, 7) is 0. The maximum absolute atomic E-state index is 4.27. The van der Waals surface area contributed by atoms with Crippen LogP contribution >= 0.6 is 24.4 Å². The summed E-state index contributed by atoms with van der Waals surface area (Å²) in [5.74, 6) is 3.46. The molecule has 0 spiro atoms. The zero-order valence-corrected chi connectivity index (χ0v) is 8.70. The van der Waals surface area contributed by atoms with Crippen LogP contribution in [0.3, 0.4) is 0 Å². The van der Waals surface area contributed by atoms with E-state index >= 15 is 0 Å². The monoisotopic (exact) mass is 199 g/mol. The average Bonchev–Trinajstić information content (AvgIpc) is 2.58. The number of allylic oxidation sites excluding steroid dienone is 1. The molecule has 1 fully saturated rings. The molecule has 0 bridgehead atoms. The minimum Gasteiger partial charge on any atom is -0.255 e. The lowest BCUT2D eigenvalue weighted by Crippen LogP contribution is -2.06. The van der Waals surface area contributed by atoms with Gasteiger partial charge in [0.05, 0.1) is 5.04 Å². The summed E-state index contributed by atoms with van der Waals surface area (Å²) < 4.78 is 0. The topological polar surface area (TPSA) is 12.4 Å². The van der Waals surface area contributed by atoms with Crippen molar-refractivity contribution in [3.63, 3.8) is 0 Å². The Morgan fingerprint density at radius 3 is 3.00 bits per heavy atom. The van der Waals surface area contributed by atoms with Crippen molar-refractivity contribution >= 4 is 29.4 Å². The maximum atomic E-state index is 4.27. The average molecular weight is 199 g/mol. The number of thioether (sulfide) groups is 1. The Morgan fingerprint density at radius 2 is 2.42 bits per heavy atom. The first-order valence-corrected chi connectivity index (χ1v) is 5.99. The van der Waals surface area contributed by atoms with E-state index in [0.29, 0.717) is 0 Å². The molecular formula is C9H13NS2. The van der Waals surface area contributed by atoms with Gasteiger partial charge in [-0.25, -0.2) is 0 Å². The van der Waals surface area contributed by atoms with Crippen LogP contribution in [0.5, 0.6) is 0 Å². The van der Waals surface area contributed by atoms with Crippen molar-refractivity contribution in [1.82, 2.24) is 0 Å². The van der Waals surface area contributed by atoms with Crippen molar-refractivity contribution in [1.29, 1.82) is 0 Å². The van der Waals surface area contributed by atoms with E-state index in [-0.39, 0.29) is 0 Å². The van der Waals surface area contributed by atoms with Crippen molar-refractivity contribution in [2.75, 3.05) is 11.5 Å². The van der Waals surface area contributed by atoms with Gasteiger partial charge in [-0.15, -0.1) is 12.6 Å². The molecule has 0 radical (unpaired) electrons. The lowest BCUT2D eigenvalue weighted by molar-refractivity contribution is 0.659. The van der Waals surface area contributed by atoms with Crippen LogP contribution in [0.2, 0.25) is 0 Å². The van der Waals surface area contributed by atoms with E-state index in [1.165, 1.54) is 24.3 Å². The second-order valence-electron chi connectivity index (χ2n) is 3.31. The highest BCUT2D eigenvalue weighted by Crippen LogP contribution is 2.33. The molecule has 3 heteroatoms. The minimum absolute atomic E-state index is 0.820. The van der Waals surface area contributed by atoms with Crippen molar-refractivity contribution in [3.05, 3.63) is 11.8 Å². The Bertz CT molecular complexity index is 227. The molecule has 0 amide bonds. The molecule has 0 aromatic heterocycles. The molecule has 1 unspecified atom stereocenters. The largest absolute Gasteiger partial charge is 0.255 e. The van der Waals surface area contributed by atoms with E-state index in [1.54, 1.807) is 5.57 Å². The summed E-state index contributed by atoms with van der Waals surface area (Å²) in [4.78, 5) is 4.27. The third-order valence-electron chi connectivity index (χ3n) is 2.47. The molecule has 0 saturated carbocycles. The number of thiol groups is 1. The predicted molar refractivity (Wildman–Crippen MR) is 59.2 cm³/mol. The molecule has 2 aliphatic rings. The summed E-state index contributed by atoms with van der Waals surface area (Å²) in [6.07, 6.45) is 5.64. The van der Waals surface area contributed by atoms with Gasteiger partial charge in [0.15, 0.2) is 0 Å². The molecule has 1 saturated heterocycles. The van der Waals surface area contributed by atoms with Crippen molar-refractivity contribution < 1.29 is 0 Å². The molecule has 0 aromatic carbocycles. The Morgan fingerprint density at radius 1 is 1.50 bits per heavy atom. The third-order valence-corrected chi connectivity index (χ3v) is 3.97. The minimum atomic E-state index is 0.820. The number of hydrogen-bond donors (Lipinski definition) is 1. The van der Waals surface area contributed by atoms with Crippen LogP contribution in [-0.4, -0.2) is 16.5 Å². The molecule has 2 aliphatic heterocycles. The molecule has 0 N–H and O–H groups in total. The molecule has 12 heavy (non-hydrogen) atoms. The zero-order valence-electron chi connectivity index (χ0n) is 6.99. The van der Waals surface area contributed by atoms with Crippen LogP contribution in [-0.2, 0) is 0 Å². The third kappa shape index (κ3) is 1.88. The second kappa shape index (κ2) is 3.88. The SMILES string of the molecule is SC1=NC=C(C2CCSC2)CC1.